The quantitative estimate of drug-likeness (QED) is 0.730. The van der Waals surface area contributed by atoms with Gasteiger partial charge in [0, 0.05) is 12.1 Å². The maximum atomic E-state index is 5.64. The molecule has 1 fully saturated rings. The molecule has 0 bridgehead atoms. The second-order valence-electron chi connectivity index (χ2n) is 5.66. The van der Waals surface area contributed by atoms with Gasteiger partial charge in [-0.3, -0.25) is 4.90 Å². The van der Waals surface area contributed by atoms with Crippen molar-refractivity contribution in [1.29, 1.82) is 0 Å². The third-order valence-electron chi connectivity index (χ3n) is 3.94. The van der Waals surface area contributed by atoms with Crippen LogP contribution in [-0.2, 0) is 6.67 Å². The van der Waals surface area contributed by atoms with Crippen LogP contribution in [0.4, 0.5) is 0 Å². The van der Waals surface area contributed by atoms with Crippen molar-refractivity contribution in [2.24, 2.45) is 5.92 Å². The molecular formula is C16H21N3O2S. The zero-order valence-electron chi connectivity index (χ0n) is 13.0. The highest BCUT2D eigenvalue weighted by molar-refractivity contribution is 7.71. The first-order valence-electron chi connectivity index (χ1n) is 7.64. The SMILES string of the molecule is CCN(CC1CC1)Cn1nc(-c2ccc(OC)cc2)oc1=S. The summed E-state index contributed by atoms with van der Waals surface area (Å²) in [5.41, 5.74) is 0.899. The van der Waals surface area contributed by atoms with Gasteiger partial charge in [0.05, 0.1) is 13.8 Å². The summed E-state index contributed by atoms with van der Waals surface area (Å²) in [6.45, 7) is 4.95. The summed E-state index contributed by atoms with van der Waals surface area (Å²) in [6.07, 6.45) is 2.69. The van der Waals surface area contributed by atoms with Crippen LogP contribution in [0.25, 0.3) is 11.5 Å². The summed E-state index contributed by atoms with van der Waals surface area (Å²) in [7, 11) is 1.65. The van der Waals surface area contributed by atoms with Crippen LogP contribution in [0, 0.1) is 10.8 Å². The Labute approximate surface area is 135 Å². The predicted octanol–water partition coefficient (Wildman–Crippen LogP) is 3.57. The molecule has 1 aromatic carbocycles. The molecule has 22 heavy (non-hydrogen) atoms. The van der Waals surface area contributed by atoms with Gasteiger partial charge in [0.1, 0.15) is 5.75 Å². The summed E-state index contributed by atoms with van der Waals surface area (Å²) >= 11 is 5.30. The first-order chi connectivity index (χ1) is 10.7. The van der Waals surface area contributed by atoms with Gasteiger partial charge in [-0.2, -0.15) is 0 Å². The lowest BCUT2D eigenvalue weighted by Gasteiger charge is -2.19. The molecule has 1 saturated carbocycles. The summed E-state index contributed by atoms with van der Waals surface area (Å²) in [5.74, 6) is 2.21. The fourth-order valence-corrected chi connectivity index (χ4v) is 2.57. The standard InChI is InChI=1S/C16H21N3O2S/c1-3-18(10-12-4-5-12)11-19-16(22)21-15(17-19)13-6-8-14(20-2)9-7-13/h6-9,12H,3-5,10-11H2,1-2H3. The number of hydrogen-bond donors (Lipinski definition) is 0. The molecule has 0 atom stereocenters. The minimum Gasteiger partial charge on any atom is -0.497 e. The Morgan fingerprint density at radius 2 is 2.09 bits per heavy atom. The molecule has 0 spiro atoms. The maximum Gasteiger partial charge on any atom is 0.288 e. The molecule has 0 N–H and O–H groups in total. The number of aromatic nitrogens is 2. The first-order valence-corrected chi connectivity index (χ1v) is 8.05. The molecule has 5 nitrogen and oxygen atoms in total. The predicted molar refractivity (Wildman–Crippen MR) is 87.3 cm³/mol. The van der Waals surface area contributed by atoms with Gasteiger partial charge < -0.3 is 9.15 Å². The van der Waals surface area contributed by atoms with Gasteiger partial charge in [-0.15, -0.1) is 5.10 Å². The van der Waals surface area contributed by atoms with Crippen molar-refractivity contribution in [3.05, 3.63) is 29.1 Å². The fraction of sp³-hybridized carbons (Fsp3) is 0.500. The summed E-state index contributed by atoms with van der Waals surface area (Å²) in [4.78, 5) is 2.77. The van der Waals surface area contributed by atoms with Crippen molar-refractivity contribution in [1.82, 2.24) is 14.7 Å². The molecule has 0 unspecified atom stereocenters. The normalized spacial score (nSPS) is 14.5. The largest absolute Gasteiger partial charge is 0.497 e. The molecule has 1 heterocycles. The van der Waals surface area contributed by atoms with Crippen molar-refractivity contribution in [2.45, 2.75) is 26.4 Å². The van der Waals surface area contributed by atoms with Gasteiger partial charge in [-0.05, 0) is 61.8 Å². The van der Waals surface area contributed by atoms with Crippen LogP contribution < -0.4 is 4.74 Å². The van der Waals surface area contributed by atoms with Crippen molar-refractivity contribution in [3.63, 3.8) is 0 Å². The van der Waals surface area contributed by atoms with Gasteiger partial charge in [0.15, 0.2) is 0 Å². The summed E-state index contributed by atoms with van der Waals surface area (Å²) in [6, 6.07) is 7.62. The number of ether oxygens (including phenoxy) is 1. The zero-order chi connectivity index (χ0) is 15.5. The average Bonchev–Trinajstić information content (AvgIpc) is 3.29. The van der Waals surface area contributed by atoms with E-state index in [1.165, 1.54) is 12.8 Å². The lowest BCUT2D eigenvalue weighted by Crippen LogP contribution is -2.28. The minimum absolute atomic E-state index is 0.417. The molecule has 3 rings (SSSR count). The molecule has 2 aromatic rings. The van der Waals surface area contributed by atoms with E-state index in [1.807, 2.05) is 24.3 Å². The van der Waals surface area contributed by atoms with E-state index < -0.39 is 0 Å². The molecular weight excluding hydrogens is 298 g/mol. The van der Waals surface area contributed by atoms with Gasteiger partial charge >= 0.3 is 0 Å². The van der Waals surface area contributed by atoms with Crippen LogP contribution in [0.3, 0.4) is 0 Å². The van der Waals surface area contributed by atoms with Gasteiger partial charge in [-0.25, -0.2) is 4.68 Å². The summed E-state index contributed by atoms with van der Waals surface area (Å²) in [5, 5.41) is 4.51. The van der Waals surface area contributed by atoms with Crippen LogP contribution in [0.2, 0.25) is 0 Å². The number of nitrogens with zero attached hydrogens (tertiary/aromatic N) is 3. The molecule has 0 aliphatic heterocycles. The van der Waals surface area contributed by atoms with E-state index in [2.05, 4.69) is 16.9 Å². The molecule has 0 radical (unpaired) electrons. The molecule has 1 aliphatic carbocycles. The minimum atomic E-state index is 0.417. The van der Waals surface area contributed by atoms with Crippen molar-refractivity contribution < 1.29 is 9.15 Å². The Morgan fingerprint density at radius 1 is 1.36 bits per heavy atom. The van der Waals surface area contributed by atoms with Crippen LogP contribution in [0.5, 0.6) is 5.75 Å². The van der Waals surface area contributed by atoms with Crippen molar-refractivity contribution in [3.8, 4) is 17.2 Å². The lowest BCUT2D eigenvalue weighted by molar-refractivity contribution is 0.205. The highest BCUT2D eigenvalue weighted by Gasteiger charge is 2.24. The monoisotopic (exact) mass is 319 g/mol. The Balaban J connectivity index is 1.75. The topological polar surface area (TPSA) is 43.4 Å². The Morgan fingerprint density at radius 3 is 2.68 bits per heavy atom. The van der Waals surface area contributed by atoms with E-state index in [0.717, 1.165) is 30.3 Å². The van der Waals surface area contributed by atoms with Gasteiger partial charge in [0.2, 0.25) is 5.89 Å². The second-order valence-corrected chi connectivity index (χ2v) is 6.00. The lowest BCUT2D eigenvalue weighted by atomic mass is 10.2. The van der Waals surface area contributed by atoms with Crippen LogP contribution in [0.1, 0.15) is 19.8 Å². The molecule has 0 amide bonds. The molecule has 0 saturated heterocycles. The van der Waals surface area contributed by atoms with Crippen LogP contribution >= 0.6 is 12.2 Å². The Bertz CT molecular complexity index is 673. The van der Waals surface area contributed by atoms with E-state index in [9.17, 15) is 0 Å². The Hall–Kier alpha value is -1.66. The van der Waals surface area contributed by atoms with Gasteiger partial charge in [0.25, 0.3) is 4.84 Å². The number of rotatable bonds is 7. The van der Waals surface area contributed by atoms with Crippen LogP contribution in [0.15, 0.2) is 28.7 Å². The van der Waals surface area contributed by atoms with E-state index in [4.69, 9.17) is 21.4 Å². The highest BCUT2D eigenvalue weighted by Crippen LogP contribution is 2.29. The zero-order valence-corrected chi connectivity index (χ0v) is 13.8. The number of hydrogen-bond acceptors (Lipinski definition) is 5. The Kier molecular flexibility index (Phi) is 4.59. The third-order valence-corrected chi connectivity index (χ3v) is 4.23. The van der Waals surface area contributed by atoms with Crippen LogP contribution in [-0.4, -0.2) is 34.9 Å². The highest BCUT2D eigenvalue weighted by atomic mass is 32.1. The fourth-order valence-electron chi connectivity index (χ4n) is 2.39. The molecule has 6 heteroatoms. The molecule has 1 aliphatic rings. The summed E-state index contributed by atoms with van der Waals surface area (Å²) < 4.78 is 12.6. The maximum absolute atomic E-state index is 5.64. The number of methoxy groups -OCH3 is 1. The second kappa shape index (κ2) is 6.62. The van der Waals surface area contributed by atoms with E-state index in [1.54, 1.807) is 11.8 Å². The van der Waals surface area contributed by atoms with Crippen molar-refractivity contribution in [2.75, 3.05) is 20.2 Å². The third kappa shape index (κ3) is 3.56. The average molecular weight is 319 g/mol. The number of benzene rings is 1. The molecule has 118 valence electrons. The molecule has 1 aromatic heterocycles. The van der Waals surface area contributed by atoms with E-state index >= 15 is 0 Å². The van der Waals surface area contributed by atoms with Gasteiger partial charge in [-0.1, -0.05) is 6.92 Å². The van der Waals surface area contributed by atoms with Crippen molar-refractivity contribution >= 4 is 12.2 Å². The smallest absolute Gasteiger partial charge is 0.288 e. The first kappa shape index (κ1) is 15.2. The van der Waals surface area contributed by atoms with E-state index in [0.29, 0.717) is 17.4 Å². The van der Waals surface area contributed by atoms with E-state index in [-0.39, 0.29) is 0 Å².